The number of benzene rings is 10. The summed E-state index contributed by atoms with van der Waals surface area (Å²) >= 11 is 0. The fraction of sp³-hybridized carbons (Fsp3) is 0.120. The molecule has 0 bridgehead atoms. The molecule has 0 aliphatic rings. The van der Waals surface area contributed by atoms with Gasteiger partial charge in [0.15, 0.2) is 0 Å². The van der Waals surface area contributed by atoms with Gasteiger partial charge in [-0.25, -0.2) is 19.2 Å². The van der Waals surface area contributed by atoms with E-state index < -0.39 is 23.9 Å². The summed E-state index contributed by atoms with van der Waals surface area (Å²) in [5.41, 5.74) is 22.4. The van der Waals surface area contributed by atoms with Crippen LogP contribution in [-0.2, 0) is 38.5 Å². The molecule has 0 amide bonds. The third-order valence-corrected chi connectivity index (χ3v) is 20.5. The lowest BCUT2D eigenvalue weighted by Gasteiger charge is -2.17. The molecule has 0 spiro atoms. The first-order chi connectivity index (χ1) is 55.8. The van der Waals surface area contributed by atoms with Gasteiger partial charge in [-0.2, -0.15) is 0 Å². The number of esters is 4. The van der Waals surface area contributed by atoms with E-state index in [1.54, 1.807) is 97.8 Å². The van der Waals surface area contributed by atoms with Gasteiger partial charge < -0.3 is 18.9 Å². The second-order valence-corrected chi connectivity index (χ2v) is 27.5. The Morgan fingerprint density at radius 1 is 0.219 bits per heavy atom. The lowest BCUT2D eigenvalue weighted by molar-refractivity contribution is 0.0714. The van der Waals surface area contributed by atoms with Crippen molar-refractivity contribution in [1.29, 1.82) is 0 Å². The van der Waals surface area contributed by atoms with Crippen molar-refractivity contribution in [2.45, 2.75) is 80.1 Å². The van der Waals surface area contributed by atoms with Crippen LogP contribution in [-0.4, -0.2) is 53.8 Å². The zero-order valence-corrected chi connectivity index (χ0v) is 64.1. The molecule has 10 aromatic carbocycles. The molecule has 15 aromatic rings. The van der Waals surface area contributed by atoms with Gasteiger partial charge in [0.25, 0.3) is 0 Å². The highest BCUT2D eigenvalue weighted by Gasteiger charge is 2.26. The molecule has 5 aromatic heterocycles. The molecule has 14 heteroatoms. The molecule has 0 saturated carbocycles. The molecule has 0 fully saturated rings. The molecule has 15 rings (SSSR count). The van der Waals surface area contributed by atoms with Crippen molar-refractivity contribution >= 4 is 23.9 Å². The molecule has 558 valence electrons. The minimum Gasteiger partial charge on any atom is -0.423 e. The van der Waals surface area contributed by atoms with E-state index in [2.05, 4.69) is 70.2 Å². The van der Waals surface area contributed by atoms with Gasteiger partial charge in [-0.1, -0.05) is 139 Å². The second-order valence-electron chi connectivity index (χ2n) is 27.5. The number of nitrogens with zero attached hydrogens (tertiary/aromatic N) is 6. The van der Waals surface area contributed by atoms with Crippen LogP contribution in [0.5, 0.6) is 23.0 Å². The number of hydrogen-bond donors (Lipinski definition) is 0. The number of ether oxygens (including phenoxy) is 4. The third-order valence-electron chi connectivity index (χ3n) is 20.5. The third kappa shape index (κ3) is 16.5. The van der Waals surface area contributed by atoms with Gasteiger partial charge >= 0.3 is 23.9 Å². The van der Waals surface area contributed by atoms with E-state index in [-0.39, 0.29) is 22.3 Å². The number of aromatic nitrogens is 6. The number of rotatable bonds is 24. The number of carbonyl (C=O) groups excluding carboxylic acids is 4. The lowest BCUT2D eigenvalue weighted by Crippen LogP contribution is -2.14. The van der Waals surface area contributed by atoms with E-state index in [0.717, 1.165) is 123 Å². The number of hydrogen-bond acceptors (Lipinski definition) is 14. The summed E-state index contributed by atoms with van der Waals surface area (Å²) in [6, 6.07) is 84.3. The number of carbonyl (C=O) groups is 4. The van der Waals surface area contributed by atoms with Gasteiger partial charge in [0.1, 0.15) is 23.0 Å². The highest BCUT2D eigenvalue weighted by atomic mass is 16.5. The summed E-state index contributed by atoms with van der Waals surface area (Å²) in [5.74, 6) is -0.922. The van der Waals surface area contributed by atoms with Gasteiger partial charge in [-0.15, -0.1) is 0 Å². The van der Waals surface area contributed by atoms with E-state index in [1.807, 2.05) is 198 Å². The molecule has 0 radical (unpaired) electrons. The molecule has 14 nitrogen and oxygen atoms in total. The first-order valence-corrected chi connectivity index (χ1v) is 38.5. The quantitative estimate of drug-likeness (QED) is 0.0411. The van der Waals surface area contributed by atoms with Crippen molar-refractivity contribution in [2.75, 3.05) is 0 Å². The van der Waals surface area contributed by atoms with Crippen molar-refractivity contribution in [3.8, 4) is 135 Å². The van der Waals surface area contributed by atoms with E-state index in [9.17, 15) is 19.2 Å². The maximum absolute atomic E-state index is 14.7. The van der Waals surface area contributed by atoms with Crippen LogP contribution in [0.15, 0.2) is 304 Å². The van der Waals surface area contributed by atoms with Gasteiger partial charge in [-0.05, 0) is 286 Å². The van der Waals surface area contributed by atoms with E-state index >= 15 is 0 Å². The van der Waals surface area contributed by atoms with Crippen LogP contribution in [0, 0.1) is 0 Å². The first-order valence-electron chi connectivity index (χ1n) is 38.5. The Morgan fingerprint density at radius 3 is 0.719 bits per heavy atom. The Morgan fingerprint density at radius 2 is 0.465 bits per heavy atom. The minimum absolute atomic E-state index is 0.166. The van der Waals surface area contributed by atoms with Crippen LogP contribution in [0.25, 0.3) is 112 Å². The van der Waals surface area contributed by atoms with Crippen molar-refractivity contribution in [3.63, 3.8) is 0 Å². The molecule has 0 aliphatic heterocycles. The largest absolute Gasteiger partial charge is 0.423 e. The Bertz CT molecular complexity index is 5480. The zero-order chi connectivity index (χ0) is 78.6. The summed E-state index contributed by atoms with van der Waals surface area (Å²) < 4.78 is 25.0. The molecular formula is C100H80N6O8. The van der Waals surface area contributed by atoms with E-state index in [4.69, 9.17) is 28.9 Å². The van der Waals surface area contributed by atoms with Crippen LogP contribution in [0.3, 0.4) is 0 Å². The van der Waals surface area contributed by atoms with Crippen molar-refractivity contribution < 1.29 is 38.1 Å². The highest BCUT2D eigenvalue weighted by Crippen LogP contribution is 2.42. The topological polar surface area (TPSA) is 183 Å². The summed E-state index contributed by atoms with van der Waals surface area (Å²) in [4.78, 5) is 87.0. The summed E-state index contributed by atoms with van der Waals surface area (Å²) in [6.07, 6.45) is 14.3. The number of pyridine rings is 4. The predicted molar refractivity (Wildman–Crippen MR) is 449 cm³/mol. The van der Waals surface area contributed by atoms with E-state index in [0.29, 0.717) is 84.0 Å². The van der Waals surface area contributed by atoms with Gasteiger partial charge in [0.05, 0.1) is 68.8 Å². The number of aryl methyl sites for hydroxylation is 6. The first kappa shape index (κ1) is 75.2. The predicted octanol–water partition coefficient (Wildman–Crippen LogP) is 23.0. The van der Waals surface area contributed by atoms with Crippen LogP contribution in [0.4, 0.5) is 0 Å². The van der Waals surface area contributed by atoms with Crippen LogP contribution < -0.4 is 18.9 Å². The van der Waals surface area contributed by atoms with Gasteiger partial charge in [-0.3, -0.25) is 29.9 Å². The zero-order valence-electron chi connectivity index (χ0n) is 64.1. The Labute approximate surface area is 662 Å². The molecule has 0 N–H and O–H groups in total. The average molecular weight is 1490 g/mol. The minimum atomic E-state index is -0.636. The second kappa shape index (κ2) is 34.4. The maximum atomic E-state index is 14.7. The Balaban J connectivity index is 0.719. The molecule has 114 heavy (non-hydrogen) atoms. The maximum Gasteiger partial charge on any atom is 0.343 e. The van der Waals surface area contributed by atoms with Crippen molar-refractivity contribution in [1.82, 2.24) is 29.9 Å². The lowest BCUT2D eigenvalue weighted by atomic mass is 9.88. The summed E-state index contributed by atoms with van der Waals surface area (Å²) in [5, 5.41) is 0. The Hall–Kier alpha value is -14.2. The smallest absolute Gasteiger partial charge is 0.343 e. The van der Waals surface area contributed by atoms with Crippen molar-refractivity contribution in [3.05, 3.63) is 360 Å². The standard InChI is InChI=1S/C100H80N6O8/c1-7-63-49-73(33-39-83(63)85-27-15-13-25-81(85)75-55-77(97(107)111-93-41-35-69(51-65(93)9-3)87-29-17-21-45-101-87)59-78(56-75)98(108)112-94-42-36-70(52-66(94)10-4)88-30-18-22-46-102-88)91-61-106-92(62-105-91)74-34-40-84(64(8-2)50-74)86-28-16-14-26-82(86)76-57-79(99(109)113-95-43-37-71(53-67(95)11-5)89-31-19-23-47-103-89)60-80(58-76)100(110)114-96-44-38-72(54-68(96)12-6)90-32-20-24-48-104-90/h13-62H,7-12H2,1-6H3. The molecule has 0 atom stereocenters. The summed E-state index contributed by atoms with van der Waals surface area (Å²) in [7, 11) is 0. The molecule has 0 unspecified atom stereocenters. The van der Waals surface area contributed by atoms with Gasteiger partial charge in [0, 0.05) is 58.2 Å². The average Bonchev–Trinajstić information content (AvgIpc) is 0.781. The highest BCUT2D eigenvalue weighted by molar-refractivity contribution is 6.02. The van der Waals surface area contributed by atoms with Crippen LogP contribution >= 0.6 is 0 Å². The Kier molecular flexibility index (Phi) is 22.7. The monoisotopic (exact) mass is 1490 g/mol. The molecule has 0 saturated heterocycles. The van der Waals surface area contributed by atoms with Crippen LogP contribution in [0.2, 0.25) is 0 Å². The van der Waals surface area contributed by atoms with Crippen LogP contribution in [0.1, 0.15) is 116 Å². The SMILES string of the molecule is CCc1cc(-c2ccccn2)ccc1OC(=O)c1cc(C(=O)Oc2ccc(-c3ccccn3)cc2CC)cc(-c2ccccc2-c2ccc(-c3cnc(-c4ccc(-c5ccccc5-c5cc(C(=O)Oc6ccc(-c7ccccn7)cc6CC)cc(C(=O)Oc6ccc(-c7ccccn7)cc6CC)c5)c(CC)c4)cn3)cc2CC)c1. The fourth-order valence-electron chi connectivity index (χ4n) is 14.4. The molecule has 0 aliphatic carbocycles. The normalized spacial score (nSPS) is 11.1. The molecular weight excluding hydrogens is 1410 g/mol. The van der Waals surface area contributed by atoms with E-state index in [1.165, 1.54) is 0 Å². The van der Waals surface area contributed by atoms with Crippen molar-refractivity contribution in [2.24, 2.45) is 0 Å². The van der Waals surface area contributed by atoms with Gasteiger partial charge in [0.2, 0.25) is 0 Å². The summed E-state index contributed by atoms with van der Waals surface area (Å²) in [6.45, 7) is 12.3. The molecule has 5 heterocycles. The fourth-order valence-corrected chi connectivity index (χ4v) is 14.4.